The topological polar surface area (TPSA) is 22.1 Å². The first-order valence-electron chi connectivity index (χ1n) is 7.52. The highest BCUT2D eigenvalue weighted by Crippen LogP contribution is 2.34. The van der Waals surface area contributed by atoms with Gasteiger partial charge in [-0.3, -0.25) is 0 Å². The summed E-state index contributed by atoms with van der Waals surface area (Å²) in [5, 5.41) is 0. The number of hydrogen-bond acceptors (Lipinski definition) is 2. The molecule has 0 saturated heterocycles. The molecule has 1 aliphatic rings. The van der Waals surface area contributed by atoms with Gasteiger partial charge in [-0.15, -0.1) is 0 Å². The smallest absolute Gasteiger partial charge is 0.221 e. The van der Waals surface area contributed by atoms with Gasteiger partial charge in [0, 0.05) is 11.8 Å². The van der Waals surface area contributed by atoms with Crippen LogP contribution in [0.3, 0.4) is 0 Å². The van der Waals surface area contributed by atoms with E-state index >= 15 is 0 Å². The molecule has 2 nitrogen and oxygen atoms in total. The number of benzene rings is 1. The SMILES string of the molecule is CC(C)c1cnc(OCC2CC2)c(-c2ccc(F)cc2)c1. The molecule has 3 rings (SSSR count). The largest absolute Gasteiger partial charge is 0.477 e. The van der Waals surface area contributed by atoms with E-state index in [0.29, 0.717) is 17.7 Å². The van der Waals surface area contributed by atoms with Crippen molar-refractivity contribution in [3.63, 3.8) is 0 Å². The van der Waals surface area contributed by atoms with Crippen molar-refractivity contribution in [1.29, 1.82) is 0 Å². The third-order valence-electron chi connectivity index (χ3n) is 3.85. The second-order valence-electron chi connectivity index (χ2n) is 6.04. The van der Waals surface area contributed by atoms with Crippen LogP contribution in [0, 0.1) is 11.7 Å². The summed E-state index contributed by atoms with van der Waals surface area (Å²) in [7, 11) is 0. The predicted octanol–water partition coefficient (Wildman–Crippen LogP) is 4.80. The highest BCUT2D eigenvalue weighted by atomic mass is 19.1. The molecule has 1 heterocycles. The van der Waals surface area contributed by atoms with E-state index < -0.39 is 0 Å². The van der Waals surface area contributed by atoms with E-state index in [0.717, 1.165) is 23.3 Å². The summed E-state index contributed by atoms with van der Waals surface area (Å²) in [6, 6.07) is 8.61. The molecule has 0 amide bonds. The third kappa shape index (κ3) is 3.41. The van der Waals surface area contributed by atoms with E-state index in [2.05, 4.69) is 24.9 Å². The van der Waals surface area contributed by atoms with Crippen molar-refractivity contribution in [2.45, 2.75) is 32.6 Å². The van der Waals surface area contributed by atoms with E-state index in [9.17, 15) is 4.39 Å². The van der Waals surface area contributed by atoms with Gasteiger partial charge in [-0.2, -0.15) is 0 Å². The van der Waals surface area contributed by atoms with Crippen molar-refractivity contribution in [3.05, 3.63) is 47.9 Å². The van der Waals surface area contributed by atoms with Gasteiger partial charge >= 0.3 is 0 Å². The van der Waals surface area contributed by atoms with Crippen molar-refractivity contribution in [3.8, 4) is 17.0 Å². The third-order valence-corrected chi connectivity index (χ3v) is 3.85. The Balaban J connectivity index is 1.95. The monoisotopic (exact) mass is 285 g/mol. The summed E-state index contributed by atoms with van der Waals surface area (Å²) in [5.74, 6) is 1.50. The van der Waals surface area contributed by atoms with Crippen molar-refractivity contribution in [2.24, 2.45) is 5.92 Å². The van der Waals surface area contributed by atoms with E-state index in [1.54, 1.807) is 12.1 Å². The minimum absolute atomic E-state index is 0.229. The molecular weight excluding hydrogens is 265 g/mol. The quantitative estimate of drug-likeness (QED) is 0.787. The van der Waals surface area contributed by atoms with Crippen molar-refractivity contribution >= 4 is 0 Å². The molecule has 1 aromatic carbocycles. The molecule has 1 aliphatic carbocycles. The lowest BCUT2D eigenvalue weighted by atomic mass is 10.00. The van der Waals surface area contributed by atoms with Gasteiger partial charge in [0.15, 0.2) is 0 Å². The maximum atomic E-state index is 13.1. The van der Waals surface area contributed by atoms with Crippen LogP contribution < -0.4 is 4.74 Å². The van der Waals surface area contributed by atoms with Gasteiger partial charge in [0.25, 0.3) is 0 Å². The number of rotatable bonds is 5. The Morgan fingerprint density at radius 1 is 1.24 bits per heavy atom. The molecule has 0 N–H and O–H groups in total. The van der Waals surface area contributed by atoms with E-state index in [-0.39, 0.29) is 5.82 Å². The van der Waals surface area contributed by atoms with Crippen LogP contribution in [0.25, 0.3) is 11.1 Å². The molecule has 2 aromatic rings. The predicted molar refractivity (Wildman–Crippen MR) is 81.9 cm³/mol. The first kappa shape index (κ1) is 14.1. The molecule has 3 heteroatoms. The number of hydrogen-bond donors (Lipinski definition) is 0. The number of nitrogens with zero attached hydrogens (tertiary/aromatic N) is 1. The fraction of sp³-hybridized carbons (Fsp3) is 0.389. The normalized spacial score (nSPS) is 14.5. The van der Waals surface area contributed by atoms with Gasteiger partial charge in [0.05, 0.1) is 6.61 Å². The molecule has 0 spiro atoms. The standard InChI is InChI=1S/C18H20FNO/c1-12(2)15-9-17(14-5-7-16(19)8-6-14)18(20-10-15)21-11-13-3-4-13/h5-10,12-13H,3-4,11H2,1-2H3. The van der Waals surface area contributed by atoms with Gasteiger partial charge in [0.1, 0.15) is 5.82 Å². The maximum absolute atomic E-state index is 13.1. The first-order valence-corrected chi connectivity index (χ1v) is 7.52. The van der Waals surface area contributed by atoms with Crippen LogP contribution in [0.15, 0.2) is 36.5 Å². The molecule has 1 aromatic heterocycles. The second-order valence-corrected chi connectivity index (χ2v) is 6.04. The summed E-state index contributed by atoms with van der Waals surface area (Å²) in [6.07, 6.45) is 4.37. The lowest BCUT2D eigenvalue weighted by Gasteiger charge is -2.13. The second kappa shape index (κ2) is 5.84. The minimum Gasteiger partial charge on any atom is -0.477 e. The van der Waals surface area contributed by atoms with E-state index in [4.69, 9.17) is 4.74 Å². The van der Waals surface area contributed by atoms with Crippen LogP contribution in [0.4, 0.5) is 4.39 Å². The van der Waals surface area contributed by atoms with Gasteiger partial charge in [0.2, 0.25) is 5.88 Å². The highest BCUT2D eigenvalue weighted by molar-refractivity contribution is 5.69. The molecular formula is C18H20FNO. The van der Waals surface area contributed by atoms with E-state index in [1.165, 1.54) is 25.0 Å². The van der Waals surface area contributed by atoms with Crippen LogP contribution in [-0.2, 0) is 0 Å². The Hall–Kier alpha value is -1.90. The Morgan fingerprint density at radius 3 is 2.57 bits per heavy atom. The number of pyridine rings is 1. The van der Waals surface area contributed by atoms with Crippen LogP contribution >= 0.6 is 0 Å². The average molecular weight is 285 g/mol. The van der Waals surface area contributed by atoms with Gasteiger partial charge < -0.3 is 4.74 Å². The van der Waals surface area contributed by atoms with Crippen molar-refractivity contribution in [2.75, 3.05) is 6.61 Å². The zero-order valence-electron chi connectivity index (χ0n) is 12.5. The summed E-state index contributed by atoms with van der Waals surface area (Å²) < 4.78 is 19.0. The van der Waals surface area contributed by atoms with Crippen molar-refractivity contribution < 1.29 is 9.13 Å². The maximum Gasteiger partial charge on any atom is 0.221 e. The fourth-order valence-electron chi connectivity index (χ4n) is 2.22. The lowest BCUT2D eigenvalue weighted by molar-refractivity contribution is 0.289. The lowest BCUT2D eigenvalue weighted by Crippen LogP contribution is -2.03. The molecule has 1 fully saturated rings. The Kier molecular flexibility index (Phi) is 3.91. The molecule has 0 radical (unpaired) electrons. The molecule has 1 saturated carbocycles. The van der Waals surface area contributed by atoms with Crippen LogP contribution in [0.2, 0.25) is 0 Å². The zero-order valence-corrected chi connectivity index (χ0v) is 12.5. The number of halogens is 1. The molecule has 0 unspecified atom stereocenters. The summed E-state index contributed by atoms with van der Waals surface area (Å²) in [5.41, 5.74) is 3.05. The molecule has 21 heavy (non-hydrogen) atoms. The summed E-state index contributed by atoms with van der Waals surface area (Å²) >= 11 is 0. The first-order chi connectivity index (χ1) is 10.1. The average Bonchev–Trinajstić information content (AvgIpc) is 3.30. The van der Waals surface area contributed by atoms with Crippen molar-refractivity contribution in [1.82, 2.24) is 4.98 Å². The van der Waals surface area contributed by atoms with Crippen LogP contribution in [0.1, 0.15) is 38.2 Å². The van der Waals surface area contributed by atoms with Crippen LogP contribution in [0.5, 0.6) is 5.88 Å². The molecule has 0 aliphatic heterocycles. The van der Waals surface area contributed by atoms with Gasteiger partial charge in [-0.05, 0) is 54.0 Å². The summed E-state index contributed by atoms with van der Waals surface area (Å²) in [6.45, 7) is 4.99. The highest BCUT2D eigenvalue weighted by Gasteiger charge is 2.23. The Morgan fingerprint density at radius 2 is 1.95 bits per heavy atom. The summed E-state index contributed by atoms with van der Waals surface area (Å²) in [4.78, 5) is 4.48. The van der Waals surface area contributed by atoms with Crippen LogP contribution in [-0.4, -0.2) is 11.6 Å². The zero-order chi connectivity index (χ0) is 14.8. The molecule has 0 atom stereocenters. The molecule has 0 bridgehead atoms. The number of ether oxygens (including phenoxy) is 1. The fourth-order valence-corrected chi connectivity index (χ4v) is 2.22. The van der Waals surface area contributed by atoms with Gasteiger partial charge in [-0.25, -0.2) is 9.37 Å². The minimum atomic E-state index is -0.229. The number of aromatic nitrogens is 1. The Labute approximate surface area is 125 Å². The molecule has 110 valence electrons. The van der Waals surface area contributed by atoms with Gasteiger partial charge in [-0.1, -0.05) is 26.0 Å². The van der Waals surface area contributed by atoms with E-state index in [1.807, 2.05) is 6.20 Å². The Bertz CT molecular complexity index is 618.